The molecular formula is C23H23N5O2. The van der Waals surface area contributed by atoms with E-state index in [1.54, 1.807) is 11.9 Å². The van der Waals surface area contributed by atoms with E-state index in [1.807, 2.05) is 61.5 Å². The van der Waals surface area contributed by atoms with Gasteiger partial charge in [0.1, 0.15) is 17.2 Å². The van der Waals surface area contributed by atoms with Crippen molar-refractivity contribution in [3.63, 3.8) is 0 Å². The first-order valence-corrected chi connectivity index (χ1v) is 10.1. The minimum atomic E-state index is -0.204. The lowest BCUT2D eigenvalue weighted by atomic mass is 10.2. The molecule has 0 saturated heterocycles. The number of benzene rings is 2. The summed E-state index contributed by atoms with van der Waals surface area (Å²) in [6.45, 7) is 1.95. The SMILES string of the molecule is CC(c1cc2ccccc2o1)N(C)C(=O)Nc1ccc(-c2n[nH]c(C3CC3)n2)cc1. The van der Waals surface area contributed by atoms with Crippen molar-refractivity contribution < 1.29 is 9.21 Å². The highest BCUT2D eigenvalue weighted by Gasteiger charge is 2.27. The summed E-state index contributed by atoms with van der Waals surface area (Å²) in [5.74, 6) is 2.93. The number of para-hydroxylation sites is 1. The molecule has 0 aliphatic heterocycles. The topological polar surface area (TPSA) is 87.0 Å². The molecule has 7 heteroatoms. The van der Waals surface area contributed by atoms with Gasteiger partial charge in [-0.3, -0.25) is 5.10 Å². The molecule has 2 heterocycles. The average molecular weight is 401 g/mol. The predicted octanol–water partition coefficient (Wildman–Crippen LogP) is 5.32. The third-order valence-electron chi connectivity index (χ3n) is 5.62. The number of amides is 2. The van der Waals surface area contributed by atoms with Crippen molar-refractivity contribution in [3.8, 4) is 11.4 Å². The fraction of sp³-hybridized carbons (Fsp3) is 0.261. The lowest BCUT2D eigenvalue weighted by Gasteiger charge is -2.23. The maximum absolute atomic E-state index is 12.7. The van der Waals surface area contributed by atoms with E-state index < -0.39 is 0 Å². The summed E-state index contributed by atoms with van der Waals surface area (Å²) in [6, 6.07) is 17.0. The smallest absolute Gasteiger partial charge is 0.322 e. The molecule has 1 aliphatic carbocycles. The zero-order valence-corrected chi connectivity index (χ0v) is 16.9. The number of carbonyl (C=O) groups excluding carboxylic acids is 1. The van der Waals surface area contributed by atoms with Gasteiger partial charge >= 0.3 is 6.03 Å². The van der Waals surface area contributed by atoms with E-state index in [0.717, 1.165) is 28.1 Å². The van der Waals surface area contributed by atoms with Crippen LogP contribution in [0.2, 0.25) is 0 Å². The van der Waals surface area contributed by atoms with Crippen molar-refractivity contribution >= 4 is 22.7 Å². The second-order valence-corrected chi connectivity index (χ2v) is 7.80. The number of fused-ring (bicyclic) bond motifs is 1. The lowest BCUT2D eigenvalue weighted by Crippen LogP contribution is -2.33. The number of nitrogens with zero attached hydrogens (tertiary/aromatic N) is 3. The number of rotatable bonds is 5. The number of aromatic nitrogens is 3. The third kappa shape index (κ3) is 3.54. The molecule has 1 atom stereocenters. The molecular weight excluding hydrogens is 378 g/mol. The first-order valence-electron chi connectivity index (χ1n) is 10.1. The molecule has 152 valence electrons. The van der Waals surface area contributed by atoms with Gasteiger partial charge in [0.25, 0.3) is 0 Å². The average Bonchev–Trinajstić information content (AvgIpc) is 3.34. The number of H-pyrrole nitrogens is 1. The predicted molar refractivity (Wildman–Crippen MR) is 115 cm³/mol. The monoisotopic (exact) mass is 401 g/mol. The largest absolute Gasteiger partial charge is 0.459 e. The van der Waals surface area contributed by atoms with Gasteiger partial charge in [-0.25, -0.2) is 9.78 Å². The van der Waals surface area contributed by atoms with E-state index in [2.05, 4.69) is 20.5 Å². The van der Waals surface area contributed by atoms with Crippen molar-refractivity contribution in [3.05, 3.63) is 66.2 Å². The minimum Gasteiger partial charge on any atom is -0.459 e. The summed E-state index contributed by atoms with van der Waals surface area (Å²) in [5, 5.41) is 11.3. The van der Waals surface area contributed by atoms with E-state index >= 15 is 0 Å². The zero-order chi connectivity index (χ0) is 20.7. The molecule has 0 bridgehead atoms. The van der Waals surface area contributed by atoms with E-state index in [1.165, 1.54) is 12.8 Å². The molecule has 1 fully saturated rings. The van der Waals surface area contributed by atoms with Gasteiger partial charge in [0.2, 0.25) is 0 Å². The van der Waals surface area contributed by atoms with Gasteiger partial charge in [-0.2, -0.15) is 5.10 Å². The summed E-state index contributed by atoms with van der Waals surface area (Å²) >= 11 is 0. The number of anilines is 1. The molecule has 2 N–H and O–H groups in total. The number of furan rings is 1. The Balaban J connectivity index is 1.25. The molecule has 0 radical (unpaired) electrons. The molecule has 0 spiro atoms. The first kappa shape index (κ1) is 18.4. The Hall–Kier alpha value is -3.61. The van der Waals surface area contributed by atoms with E-state index in [-0.39, 0.29) is 12.1 Å². The highest BCUT2D eigenvalue weighted by atomic mass is 16.3. The van der Waals surface area contributed by atoms with Gasteiger partial charge in [-0.1, -0.05) is 18.2 Å². The fourth-order valence-corrected chi connectivity index (χ4v) is 3.43. The Morgan fingerprint density at radius 1 is 1.20 bits per heavy atom. The van der Waals surface area contributed by atoms with Gasteiger partial charge in [0.15, 0.2) is 5.82 Å². The van der Waals surface area contributed by atoms with Crippen LogP contribution < -0.4 is 5.32 Å². The molecule has 30 heavy (non-hydrogen) atoms. The fourth-order valence-electron chi connectivity index (χ4n) is 3.43. The molecule has 1 saturated carbocycles. The highest BCUT2D eigenvalue weighted by Crippen LogP contribution is 2.38. The second-order valence-electron chi connectivity index (χ2n) is 7.80. The van der Waals surface area contributed by atoms with E-state index in [9.17, 15) is 4.79 Å². The lowest BCUT2D eigenvalue weighted by molar-refractivity contribution is 0.201. The Morgan fingerprint density at radius 3 is 2.70 bits per heavy atom. The van der Waals surface area contributed by atoms with Crippen LogP contribution in [0.4, 0.5) is 10.5 Å². The van der Waals surface area contributed by atoms with Crippen LogP contribution in [-0.2, 0) is 0 Å². The van der Waals surface area contributed by atoms with Crippen LogP contribution in [0.1, 0.15) is 43.3 Å². The molecule has 4 aromatic rings. The van der Waals surface area contributed by atoms with Crippen LogP contribution in [-0.4, -0.2) is 33.2 Å². The molecule has 2 aromatic carbocycles. The molecule has 2 amide bonds. The second kappa shape index (κ2) is 7.33. The molecule has 2 aromatic heterocycles. The van der Waals surface area contributed by atoms with Crippen LogP contribution in [0.5, 0.6) is 0 Å². The molecule has 1 aliphatic rings. The van der Waals surface area contributed by atoms with Crippen molar-refractivity contribution in [2.24, 2.45) is 0 Å². The van der Waals surface area contributed by atoms with Crippen molar-refractivity contribution in [2.75, 3.05) is 12.4 Å². The Bertz CT molecular complexity index is 1160. The number of nitrogens with one attached hydrogen (secondary N) is 2. The summed E-state index contributed by atoms with van der Waals surface area (Å²) < 4.78 is 5.90. The Morgan fingerprint density at radius 2 is 1.97 bits per heavy atom. The van der Waals surface area contributed by atoms with Gasteiger partial charge in [0.05, 0.1) is 6.04 Å². The quantitative estimate of drug-likeness (QED) is 0.474. The maximum Gasteiger partial charge on any atom is 0.322 e. The van der Waals surface area contributed by atoms with E-state index in [4.69, 9.17) is 4.42 Å². The van der Waals surface area contributed by atoms with Gasteiger partial charge in [0, 0.05) is 29.6 Å². The van der Waals surface area contributed by atoms with Crippen molar-refractivity contribution in [1.29, 1.82) is 0 Å². The van der Waals surface area contributed by atoms with Crippen LogP contribution in [0, 0.1) is 0 Å². The zero-order valence-electron chi connectivity index (χ0n) is 16.9. The number of hydrogen-bond acceptors (Lipinski definition) is 4. The highest BCUT2D eigenvalue weighted by molar-refractivity contribution is 5.89. The third-order valence-corrected chi connectivity index (χ3v) is 5.62. The first-order chi connectivity index (χ1) is 14.6. The summed E-state index contributed by atoms with van der Waals surface area (Å²) in [5.41, 5.74) is 2.45. The standard InChI is InChI=1S/C23H23N5O2/c1-14(20-13-17-5-3-4-6-19(17)30-20)28(2)23(29)24-18-11-9-16(10-12-18)22-25-21(26-27-22)15-7-8-15/h3-6,9-15H,7-8H2,1-2H3,(H,24,29)(H,25,26,27). The molecule has 7 nitrogen and oxygen atoms in total. The Labute approximate surface area is 174 Å². The van der Waals surface area contributed by atoms with Crippen LogP contribution in [0.3, 0.4) is 0 Å². The summed E-state index contributed by atoms with van der Waals surface area (Å²) in [4.78, 5) is 18.9. The van der Waals surface area contributed by atoms with Gasteiger partial charge < -0.3 is 14.6 Å². The molecule has 5 rings (SSSR count). The summed E-state index contributed by atoms with van der Waals surface area (Å²) in [7, 11) is 1.76. The normalized spacial score (nSPS) is 14.6. The Kier molecular flexibility index (Phi) is 4.50. The van der Waals surface area contributed by atoms with Gasteiger partial charge in [-0.05, 0) is 56.2 Å². The minimum absolute atomic E-state index is 0.203. The summed E-state index contributed by atoms with van der Waals surface area (Å²) in [6.07, 6.45) is 2.36. The van der Waals surface area contributed by atoms with Crippen molar-refractivity contribution in [1.82, 2.24) is 20.1 Å². The maximum atomic E-state index is 12.7. The van der Waals surface area contributed by atoms with Gasteiger partial charge in [-0.15, -0.1) is 0 Å². The number of carbonyl (C=O) groups is 1. The number of urea groups is 1. The number of hydrogen-bond donors (Lipinski definition) is 2. The number of aromatic amines is 1. The van der Waals surface area contributed by atoms with Crippen LogP contribution in [0.15, 0.2) is 59.0 Å². The molecule has 1 unspecified atom stereocenters. The van der Waals surface area contributed by atoms with Crippen LogP contribution >= 0.6 is 0 Å². The van der Waals surface area contributed by atoms with Crippen molar-refractivity contribution in [2.45, 2.75) is 31.7 Å². The van der Waals surface area contributed by atoms with E-state index in [0.29, 0.717) is 17.4 Å². The van der Waals surface area contributed by atoms with Crippen LogP contribution in [0.25, 0.3) is 22.4 Å².